The molecule has 0 radical (unpaired) electrons. The third kappa shape index (κ3) is 5.84. The highest BCUT2D eigenvalue weighted by Crippen LogP contribution is 2.44. The number of benzene rings is 1. The van der Waals surface area contributed by atoms with Gasteiger partial charge in [-0.1, -0.05) is 44.9 Å². The molecule has 2 N–H and O–H groups in total. The normalized spacial score (nSPS) is 21.1. The van der Waals surface area contributed by atoms with Gasteiger partial charge < -0.3 is 10.6 Å². The summed E-state index contributed by atoms with van der Waals surface area (Å²) in [5, 5.41) is 7.37. The lowest BCUT2D eigenvalue weighted by molar-refractivity contribution is -0.118. The molecule has 0 saturated carbocycles. The number of likely N-dealkylation sites (tertiary alicyclic amines) is 1. The van der Waals surface area contributed by atoms with Gasteiger partial charge >= 0.3 is 0 Å². The molecule has 2 amide bonds. The highest BCUT2D eigenvalue weighted by Gasteiger charge is 2.34. The highest BCUT2D eigenvalue weighted by atomic mass is 35.5. The number of hydrogen-bond donors (Lipinski definition) is 2. The number of anilines is 2. The molecule has 1 aromatic heterocycles. The van der Waals surface area contributed by atoms with Crippen molar-refractivity contribution in [2.75, 3.05) is 23.7 Å². The van der Waals surface area contributed by atoms with Gasteiger partial charge in [0.25, 0.3) is 5.91 Å². The van der Waals surface area contributed by atoms with E-state index in [2.05, 4.69) is 43.2 Å². The van der Waals surface area contributed by atoms with Crippen LogP contribution in [-0.4, -0.2) is 35.8 Å². The lowest BCUT2D eigenvalue weighted by Gasteiger charge is -2.33. The zero-order valence-corrected chi connectivity index (χ0v) is 22.2. The Morgan fingerprint density at radius 2 is 1.97 bits per heavy atom. The van der Waals surface area contributed by atoms with Crippen molar-refractivity contribution in [3.8, 4) is 0 Å². The summed E-state index contributed by atoms with van der Waals surface area (Å²) in [5.41, 5.74) is 2.57. The zero-order valence-electron chi connectivity index (χ0n) is 20.7. The maximum Gasteiger partial charge on any atom is 0.258 e. The second-order valence-corrected chi connectivity index (χ2v) is 12.4. The Balaban J connectivity index is 1.59. The minimum atomic E-state index is -0.185. The molecule has 184 valence electrons. The van der Waals surface area contributed by atoms with Crippen LogP contribution >= 0.6 is 22.9 Å². The molecule has 1 aliphatic heterocycles. The molecular weight excluding hydrogens is 466 g/mol. The third-order valence-corrected chi connectivity index (χ3v) is 8.74. The van der Waals surface area contributed by atoms with Gasteiger partial charge in [0.1, 0.15) is 5.00 Å². The molecule has 34 heavy (non-hydrogen) atoms. The third-order valence-electron chi connectivity index (χ3n) is 7.34. The summed E-state index contributed by atoms with van der Waals surface area (Å²) < 4.78 is 0. The molecule has 0 unspecified atom stereocenters. The number of carbonyl (C=O) groups excluding carboxylic acids is 2. The van der Waals surface area contributed by atoms with Gasteiger partial charge in [0.2, 0.25) is 5.91 Å². The number of piperidine rings is 1. The molecule has 0 bridgehead atoms. The Morgan fingerprint density at radius 1 is 1.18 bits per heavy atom. The van der Waals surface area contributed by atoms with Gasteiger partial charge in [-0.3, -0.25) is 14.5 Å². The number of carbonyl (C=O) groups is 2. The first kappa shape index (κ1) is 25.2. The first-order valence-electron chi connectivity index (χ1n) is 12.4. The zero-order chi connectivity index (χ0) is 24.5. The van der Waals surface area contributed by atoms with Crippen molar-refractivity contribution in [2.24, 2.45) is 11.3 Å². The molecule has 5 nitrogen and oxygen atoms in total. The maximum absolute atomic E-state index is 13.5. The summed E-state index contributed by atoms with van der Waals surface area (Å²) in [6.07, 6.45) is 6.32. The Morgan fingerprint density at radius 3 is 2.68 bits per heavy atom. The number of halogens is 1. The fourth-order valence-corrected chi connectivity index (χ4v) is 6.69. The summed E-state index contributed by atoms with van der Waals surface area (Å²) in [5.74, 6) is 0.326. The van der Waals surface area contributed by atoms with Gasteiger partial charge in [-0.2, -0.15) is 0 Å². The molecular formula is C27H36ClN3O2S. The van der Waals surface area contributed by atoms with Crippen LogP contribution in [0, 0.1) is 11.3 Å². The number of amides is 2. The first-order chi connectivity index (χ1) is 16.1. The van der Waals surface area contributed by atoms with Gasteiger partial charge in [0.05, 0.1) is 12.1 Å². The number of fused-ring (bicyclic) bond motifs is 1. The van der Waals surface area contributed by atoms with Crippen molar-refractivity contribution in [1.29, 1.82) is 0 Å². The molecule has 2 aliphatic rings. The number of thiophene rings is 1. The molecule has 4 rings (SSSR count). The molecule has 0 spiro atoms. The average molecular weight is 502 g/mol. The van der Waals surface area contributed by atoms with E-state index in [1.807, 2.05) is 12.1 Å². The largest absolute Gasteiger partial charge is 0.322 e. The molecule has 1 aliphatic carbocycles. The Kier molecular flexibility index (Phi) is 7.70. The van der Waals surface area contributed by atoms with Crippen LogP contribution in [0.15, 0.2) is 24.3 Å². The predicted octanol–water partition coefficient (Wildman–Crippen LogP) is 6.62. The van der Waals surface area contributed by atoms with E-state index in [1.165, 1.54) is 11.3 Å². The summed E-state index contributed by atoms with van der Waals surface area (Å²) >= 11 is 7.70. The van der Waals surface area contributed by atoms with E-state index in [-0.39, 0.29) is 17.2 Å². The van der Waals surface area contributed by atoms with Crippen molar-refractivity contribution < 1.29 is 9.59 Å². The summed E-state index contributed by atoms with van der Waals surface area (Å²) in [7, 11) is 0. The molecule has 1 saturated heterocycles. The Bertz CT molecular complexity index is 1060. The van der Waals surface area contributed by atoms with Crippen molar-refractivity contribution in [3.63, 3.8) is 0 Å². The summed E-state index contributed by atoms with van der Waals surface area (Å²) in [4.78, 5) is 30.0. The Hall–Kier alpha value is -1.89. The molecule has 2 heterocycles. The topological polar surface area (TPSA) is 61.4 Å². The van der Waals surface area contributed by atoms with E-state index >= 15 is 0 Å². The van der Waals surface area contributed by atoms with Gasteiger partial charge in [-0.25, -0.2) is 0 Å². The van der Waals surface area contributed by atoms with Crippen molar-refractivity contribution in [3.05, 3.63) is 45.3 Å². The number of nitrogens with one attached hydrogen (secondary N) is 2. The van der Waals surface area contributed by atoms with Gasteiger partial charge in [0.15, 0.2) is 0 Å². The van der Waals surface area contributed by atoms with Crippen molar-refractivity contribution >= 4 is 45.4 Å². The van der Waals surface area contributed by atoms with Gasteiger partial charge in [-0.05, 0) is 80.7 Å². The van der Waals surface area contributed by atoms with Crippen LogP contribution in [-0.2, 0) is 17.6 Å². The van der Waals surface area contributed by atoms with Gasteiger partial charge in [0, 0.05) is 21.6 Å². The van der Waals surface area contributed by atoms with Crippen LogP contribution in [0.25, 0.3) is 0 Å². The lowest BCUT2D eigenvalue weighted by atomic mass is 9.72. The molecule has 2 aromatic rings. The van der Waals surface area contributed by atoms with Gasteiger partial charge in [-0.15, -0.1) is 11.3 Å². The monoisotopic (exact) mass is 501 g/mol. The number of rotatable bonds is 5. The van der Waals surface area contributed by atoms with E-state index in [1.54, 1.807) is 23.5 Å². The molecule has 1 fully saturated rings. The molecule has 2 atom stereocenters. The standard InChI is InChI=1S/C27H36ClN3O2S/c1-17-8-5-6-13-31(17)16-23(32)30-26-24(25(33)29-20-10-7-9-19(28)15-20)21-12-11-18(27(2,3)4)14-22(21)34-26/h7,9-10,15,17-18H,5-6,8,11-14,16H2,1-4H3,(H,29,33)(H,30,32)/t17-,18+/m1/s1. The fourth-order valence-electron chi connectivity index (χ4n) is 5.16. The number of nitrogens with zero attached hydrogens (tertiary/aromatic N) is 1. The summed E-state index contributed by atoms with van der Waals surface area (Å²) in [6.45, 7) is 10.4. The van der Waals surface area contributed by atoms with Crippen LogP contribution in [0.5, 0.6) is 0 Å². The van der Waals surface area contributed by atoms with E-state index < -0.39 is 0 Å². The van der Waals surface area contributed by atoms with Crippen LogP contribution in [0.3, 0.4) is 0 Å². The minimum absolute atomic E-state index is 0.0449. The SMILES string of the molecule is C[C@@H]1CCCCN1CC(=O)Nc1sc2c(c1C(=O)Nc1cccc(Cl)c1)CC[C@H](C(C)(C)C)C2. The van der Waals surface area contributed by atoms with E-state index in [0.717, 1.165) is 44.2 Å². The van der Waals surface area contributed by atoms with Crippen LogP contribution in [0.1, 0.15) is 74.2 Å². The smallest absolute Gasteiger partial charge is 0.258 e. The highest BCUT2D eigenvalue weighted by molar-refractivity contribution is 7.17. The molecule has 1 aromatic carbocycles. The van der Waals surface area contributed by atoms with Crippen LogP contribution in [0.4, 0.5) is 10.7 Å². The van der Waals surface area contributed by atoms with Crippen LogP contribution in [0.2, 0.25) is 5.02 Å². The second kappa shape index (κ2) is 10.4. The summed E-state index contributed by atoms with van der Waals surface area (Å²) in [6, 6.07) is 7.58. The van der Waals surface area contributed by atoms with E-state index in [9.17, 15) is 9.59 Å². The van der Waals surface area contributed by atoms with E-state index in [4.69, 9.17) is 11.6 Å². The maximum atomic E-state index is 13.5. The lowest BCUT2D eigenvalue weighted by Crippen LogP contribution is -2.42. The number of hydrogen-bond acceptors (Lipinski definition) is 4. The second-order valence-electron chi connectivity index (χ2n) is 10.8. The predicted molar refractivity (Wildman–Crippen MR) is 142 cm³/mol. The fraction of sp³-hybridized carbons (Fsp3) is 0.556. The van der Waals surface area contributed by atoms with Crippen molar-refractivity contribution in [1.82, 2.24) is 4.90 Å². The molecule has 7 heteroatoms. The van der Waals surface area contributed by atoms with Crippen LogP contribution < -0.4 is 10.6 Å². The quantitative estimate of drug-likeness (QED) is 0.484. The Labute approximate surface area is 212 Å². The minimum Gasteiger partial charge on any atom is -0.322 e. The first-order valence-corrected chi connectivity index (χ1v) is 13.6. The average Bonchev–Trinajstić information content (AvgIpc) is 3.11. The van der Waals surface area contributed by atoms with Crippen molar-refractivity contribution in [2.45, 2.75) is 72.3 Å². The van der Waals surface area contributed by atoms with E-state index in [0.29, 0.717) is 39.8 Å².